The van der Waals surface area contributed by atoms with E-state index in [2.05, 4.69) is 25.7 Å². The number of rotatable bonds is 2. The van der Waals surface area contributed by atoms with Gasteiger partial charge in [0, 0.05) is 36.9 Å². The Balaban J connectivity index is 1.83. The third-order valence-electron chi connectivity index (χ3n) is 3.52. The van der Waals surface area contributed by atoms with Crippen LogP contribution in [0.5, 0.6) is 5.75 Å². The Morgan fingerprint density at radius 1 is 1.36 bits per heavy atom. The molecule has 1 aliphatic heterocycles. The summed E-state index contributed by atoms with van der Waals surface area (Å²) in [7, 11) is 0. The minimum Gasteiger partial charge on any atom is -0.440 e. The topological polar surface area (TPSA) is 111 Å². The SMILES string of the molecule is Cc1nnc(/C2=C/N/N=C\N=C(\Oc3ccc(N)cc3F)CC2C)o1. The predicted molar refractivity (Wildman–Crippen MR) is 91.3 cm³/mol. The largest absolute Gasteiger partial charge is 0.440 e. The van der Waals surface area contributed by atoms with Gasteiger partial charge < -0.3 is 14.9 Å². The lowest BCUT2D eigenvalue weighted by Gasteiger charge is -2.15. The number of nitrogens with one attached hydrogen (secondary N) is 1. The fourth-order valence-corrected chi connectivity index (χ4v) is 2.28. The van der Waals surface area contributed by atoms with E-state index in [0.29, 0.717) is 29.8 Å². The highest BCUT2D eigenvalue weighted by molar-refractivity contribution is 5.87. The van der Waals surface area contributed by atoms with Crippen LogP contribution in [0.25, 0.3) is 5.57 Å². The smallest absolute Gasteiger partial charge is 0.245 e. The molecule has 1 aliphatic rings. The number of halogens is 1. The minimum atomic E-state index is -0.561. The van der Waals surface area contributed by atoms with Crippen LogP contribution in [-0.4, -0.2) is 22.4 Å². The lowest BCUT2D eigenvalue weighted by atomic mass is 9.98. The first-order valence-corrected chi connectivity index (χ1v) is 7.60. The fraction of sp³-hybridized carbons (Fsp3) is 0.250. The second kappa shape index (κ2) is 7.12. The van der Waals surface area contributed by atoms with E-state index in [0.717, 1.165) is 5.57 Å². The molecule has 2 heterocycles. The van der Waals surface area contributed by atoms with Crippen LogP contribution in [-0.2, 0) is 0 Å². The van der Waals surface area contributed by atoms with Crippen molar-refractivity contribution in [3.63, 3.8) is 0 Å². The van der Waals surface area contributed by atoms with Crippen molar-refractivity contribution >= 4 is 23.5 Å². The molecule has 0 radical (unpaired) electrons. The van der Waals surface area contributed by atoms with E-state index in [-0.39, 0.29) is 11.7 Å². The van der Waals surface area contributed by atoms with Crippen molar-refractivity contribution < 1.29 is 13.5 Å². The van der Waals surface area contributed by atoms with Crippen LogP contribution in [0.15, 0.2) is 38.9 Å². The van der Waals surface area contributed by atoms with Gasteiger partial charge in [-0.15, -0.1) is 10.2 Å². The number of nitrogens with zero attached hydrogens (tertiary/aromatic N) is 4. The molecule has 0 bridgehead atoms. The molecule has 1 aromatic carbocycles. The van der Waals surface area contributed by atoms with Crippen molar-refractivity contribution in [3.05, 3.63) is 42.0 Å². The van der Waals surface area contributed by atoms with Crippen molar-refractivity contribution in [2.75, 3.05) is 5.73 Å². The van der Waals surface area contributed by atoms with Gasteiger partial charge in [0.1, 0.15) is 6.34 Å². The normalized spacial score (nSPS) is 23.1. The first-order chi connectivity index (χ1) is 12.0. The zero-order valence-electron chi connectivity index (χ0n) is 13.7. The number of anilines is 1. The highest BCUT2D eigenvalue weighted by Gasteiger charge is 2.21. The number of benzene rings is 1. The van der Waals surface area contributed by atoms with E-state index in [1.165, 1.54) is 18.5 Å². The number of ether oxygens (including phenoxy) is 1. The monoisotopic (exact) mass is 344 g/mol. The lowest BCUT2D eigenvalue weighted by Crippen LogP contribution is -2.15. The first-order valence-electron chi connectivity index (χ1n) is 7.60. The average molecular weight is 344 g/mol. The second-order valence-corrected chi connectivity index (χ2v) is 5.52. The molecule has 3 N–H and O–H groups in total. The molecule has 0 spiro atoms. The summed E-state index contributed by atoms with van der Waals surface area (Å²) in [6, 6.07) is 4.20. The molecule has 0 fully saturated rings. The van der Waals surface area contributed by atoms with Gasteiger partial charge in [-0.05, 0) is 18.1 Å². The van der Waals surface area contributed by atoms with Crippen LogP contribution in [0.3, 0.4) is 0 Å². The third-order valence-corrected chi connectivity index (χ3v) is 3.52. The minimum absolute atomic E-state index is 0.0416. The zero-order chi connectivity index (χ0) is 17.8. The predicted octanol–water partition coefficient (Wildman–Crippen LogP) is 2.49. The van der Waals surface area contributed by atoms with Crippen molar-refractivity contribution in [3.8, 4) is 5.75 Å². The Morgan fingerprint density at radius 2 is 2.20 bits per heavy atom. The number of aliphatic imine (C=N–C) groups is 1. The van der Waals surface area contributed by atoms with E-state index in [4.69, 9.17) is 14.9 Å². The number of hydrogen-bond donors (Lipinski definition) is 2. The van der Waals surface area contributed by atoms with Gasteiger partial charge in [0.2, 0.25) is 11.8 Å². The Bertz CT molecular complexity index is 858. The second-order valence-electron chi connectivity index (χ2n) is 5.52. The summed E-state index contributed by atoms with van der Waals surface area (Å²) in [5.41, 5.74) is 9.35. The maximum Gasteiger partial charge on any atom is 0.245 e. The van der Waals surface area contributed by atoms with Crippen molar-refractivity contribution in [1.82, 2.24) is 15.6 Å². The molecule has 1 unspecified atom stereocenters. The van der Waals surface area contributed by atoms with Gasteiger partial charge in [0.15, 0.2) is 17.5 Å². The van der Waals surface area contributed by atoms with E-state index in [9.17, 15) is 4.39 Å². The van der Waals surface area contributed by atoms with Gasteiger partial charge in [-0.1, -0.05) is 6.92 Å². The molecule has 9 heteroatoms. The lowest BCUT2D eigenvalue weighted by molar-refractivity contribution is 0.469. The quantitative estimate of drug-likeness (QED) is 0.810. The van der Waals surface area contributed by atoms with Crippen LogP contribution in [0.4, 0.5) is 10.1 Å². The number of nitrogens with two attached hydrogens (primary N) is 1. The van der Waals surface area contributed by atoms with Gasteiger partial charge in [-0.2, -0.15) is 5.10 Å². The maximum absolute atomic E-state index is 14.0. The fourth-order valence-electron chi connectivity index (χ4n) is 2.28. The Kier molecular flexibility index (Phi) is 4.73. The highest BCUT2D eigenvalue weighted by atomic mass is 19.1. The van der Waals surface area contributed by atoms with E-state index in [1.54, 1.807) is 19.2 Å². The summed E-state index contributed by atoms with van der Waals surface area (Å²) in [4.78, 5) is 4.13. The molecule has 0 aliphatic carbocycles. The number of hydrogen-bond acceptors (Lipinski definition) is 8. The highest BCUT2D eigenvalue weighted by Crippen LogP contribution is 2.27. The molecule has 130 valence electrons. The average Bonchev–Trinajstić information content (AvgIpc) is 3.01. The number of aromatic nitrogens is 2. The third kappa shape index (κ3) is 4.00. The molecule has 0 saturated carbocycles. The van der Waals surface area contributed by atoms with Gasteiger partial charge >= 0.3 is 0 Å². The van der Waals surface area contributed by atoms with Gasteiger partial charge in [-0.3, -0.25) is 5.43 Å². The summed E-state index contributed by atoms with van der Waals surface area (Å²) >= 11 is 0. The molecule has 3 rings (SSSR count). The molecule has 0 saturated heterocycles. The molecule has 2 aromatic rings. The maximum atomic E-state index is 14.0. The number of allylic oxidation sites excluding steroid dienone is 1. The Morgan fingerprint density at radius 3 is 2.92 bits per heavy atom. The molecular weight excluding hydrogens is 327 g/mol. The summed E-state index contributed by atoms with van der Waals surface area (Å²) in [6.45, 7) is 3.65. The van der Waals surface area contributed by atoms with Gasteiger partial charge in [-0.25, -0.2) is 9.38 Å². The van der Waals surface area contributed by atoms with Crippen LogP contribution < -0.4 is 15.9 Å². The van der Waals surface area contributed by atoms with E-state index < -0.39 is 5.82 Å². The Hall–Kier alpha value is -3.23. The molecular formula is C16H17FN6O2. The number of aryl methyl sites for hydroxylation is 1. The Labute approximate surface area is 143 Å². The van der Waals surface area contributed by atoms with Crippen LogP contribution in [0.1, 0.15) is 25.1 Å². The number of nitrogen functional groups attached to an aromatic ring is 1. The first kappa shape index (κ1) is 16.6. The molecule has 25 heavy (non-hydrogen) atoms. The van der Waals surface area contributed by atoms with Gasteiger partial charge in [0.25, 0.3) is 0 Å². The summed E-state index contributed by atoms with van der Waals surface area (Å²) < 4.78 is 25.0. The molecule has 1 aromatic heterocycles. The zero-order valence-corrected chi connectivity index (χ0v) is 13.7. The summed E-state index contributed by atoms with van der Waals surface area (Å²) in [6.07, 6.45) is 3.33. The molecule has 0 amide bonds. The van der Waals surface area contributed by atoms with Crippen molar-refractivity contribution in [2.45, 2.75) is 20.3 Å². The number of hydrazone groups is 1. The van der Waals surface area contributed by atoms with Crippen LogP contribution >= 0.6 is 0 Å². The van der Waals surface area contributed by atoms with E-state index in [1.807, 2.05) is 6.92 Å². The van der Waals surface area contributed by atoms with Crippen LogP contribution in [0, 0.1) is 18.7 Å². The molecule has 8 nitrogen and oxygen atoms in total. The van der Waals surface area contributed by atoms with Crippen LogP contribution in [0.2, 0.25) is 0 Å². The summed E-state index contributed by atoms with van der Waals surface area (Å²) in [5, 5.41) is 11.8. The van der Waals surface area contributed by atoms with Crippen molar-refractivity contribution in [1.29, 1.82) is 0 Å². The van der Waals surface area contributed by atoms with Gasteiger partial charge in [0.05, 0.1) is 0 Å². The van der Waals surface area contributed by atoms with E-state index >= 15 is 0 Å². The standard InChI is InChI=1S/C16H17FN6O2/c1-9-5-15(25-14-4-3-11(18)6-13(14)17)19-8-21-20-7-12(9)16-23-22-10(2)24-16/h3-4,6-9,20H,5,18H2,1-2H3/b12-7+,19-15+,21-8-. The van der Waals surface area contributed by atoms with Crippen molar-refractivity contribution in [2.24, 2.45) is 16.0 Å². The molecule has 1 atom stereocenters. The summed E-state index contributed by atoms with van der Waals surface area (Å²) in [5.74, 6) is 0.525.